The molecule has 2 nitrogen and oxygen atoms in total. The third-order valence-electron chi connectivity index (χ3n) is 3.94. The number of hydrogen-bond donors (Lipinski definition) is 0. The number of nitrogens with zero attached hydrogens (tertiary/aromatic N) is 1. The van der Waals surface area contributed by atoms with Crippen LogP contribution in [0, 0.1) is 13.8 Å². The monoisotopic (exact) mass is 349 g/mol. The zero-order valence-electron chi connectivity index (χ0n) is 14.4. The van der Waals surface area contributed by atoms with E-state index < -0.39 is 0 Å². The molecule has 3 heteroatoms. The first-order chi connectivity index (χ1) is 12.1. The first kappa shape index (κ1) is 17.2. The van der Waals surface area contributed by atoms with E-state index in [9.17, 15) is 0 Å². The smallest absolute Gasteiger partial charge is 0.128 e. The fourth-order valence-electron chi connectivity index (χ4n) is 2.37. The molecule has 0 bridgehead atoms. The van der Waals surface area contributed by atoms with Gasteiger partial charge in [-0.25, -0.2) is 0 Å². The number of benzene rings is 3. The van der Waals surface area contributed by atoms with Crippen LogP contribution >= 0.6 is 11.6 Å². The van der Waals surface area contributed by atoms with Crippen molar-refractivity contribution in [1.82, 2.24) is 0 Å². The SMILES string of the molecule is Cc1ccc(COc2ccccc2C=Nc2ccc(C)c(Cl)c2)cc1. The summed E-state index contributed by atoms with van der Waals surface area (Å²) in [5, 5.41) is 0.721. The van der Waals surface area contributed by atoms with Crippen molar-refractivity contribution in [3.05, 3.63) is 94.0 Å². The van der Waals surface area contributed by atoms with Crippen LogP contribution in [0.5, 0.6) is 5.75 Å². The van der Waals surface area contributed by atoms with Crippen molar-refractivity contribution in [2.75, 3.05) is 0 Å². The molecule has 0 radical (unpaired) electrons. The third kappa shape index (κ3) is 4.71. The molecule has 0 N–H and O–H groups in total. The largest absolute Gasteiger partial charge is 0.488 e. The van der Waals surface area contributed by atoms with Crippen molar-refractivity contribution < 1.29 is 4.74 Å². The number of para-hydroxylation sites is 1. The van der Waals surface area contributed by atoms with Crippen LogP contribution in [0.1, 0.15) is 22.3 Å². The predicted octanol–water partition coefficient (Wildman–Crippen LogP) is 6.29. The lowest BCUT2D eigenvalue weighted by molar-refractivity contribution is 0.306. The fourth-order valence-corrected chi connectivity index (χ4v) is 2.54. The molecule has 0 fully saturated rings. The fraction of sp³-hybridized carbons (Fsp3) is 0.136. The number of rotatable bonds is 5. The van der Waals surface area contributed by atoms with E-state index in [0.717, 1.165) is 33.1 Å². The molecule has 126 valence electrons. The maximum atomic E-state index is 6.16. The Morgan fingerprint density at radius 2 is 1.72 bits per heavy atom. The van der Waals surface area contributed by atoms with Gasteiger partial charge in [0.2, 0.25) is 0 Å². The highest BCUT2D eigenvalue weighted by molar-refractivity contribution is 6.31. The maximum absolute atomic E-state index is 6.16. The summed E-state index contributed by atoms with van der Waals surface area (Å²) < 4.78 is 5.98. The Morgan fingerprint density at radius 3 is 2.48 bits per heavy atom. The van der Waals surface area contributed by atoms with Crippen LogP contribution in [0.2, 0.25) is 5.02 Å². The van der Waals surface area contributed by atoms with E-state index in [1.165, 1.54) is 5.56 Å². The molecule has 0 aliphatic carbocycles. The van der Waals surface area contributed by atoms with E-state index in [2.05, 4.69) is 36.2 Å². The summed E-state index contributed by atoms with van der Waals surface area (Å²) in [5.74, 6) is 0.810. The van der Waals surface area contributed by atoms with Gasteiger partial charge in [0, 0.05) is 16.8 Å². The van der Waals surface area contributed by atoms with Gasteiger partial charge in [0.05, 0.1) is 5.69 Å². The Kier molecular flexibility index (Phi) is 5.52. The van der Waals surface area contributed by atoms with E-state index in [-0.39, 0.29) is 0 Å². The van der Waals surface area contributed by atoms with Crippen LogP contribution in [0.15, 0.2) is 71.7 Å². The van der Waals surface area contributed by atoms with Gasteiger partial charge in [0.1, 0.15) is 12.4 Å². The molecule has 0 aliphatic heterocycles. The van der Waals surface area contributed by atoms with Gasteiger partial charge < -0.3 is 4.74 Å². The number of halogens is 1. The van der Waals surface area contributed by atoms with Gasteiger partial charge in [-0.15, -0.1) is 0 Å². The van der Waals surface area contributed by atoms with Crippen molar-refractivity contribution in [1.29, 1.82) is 0 Å². The van der Waals surface area contributed by atoms with Crippen LogP contribution in [0.3, 0.4) is 0 Å². The van der Waals surface area contributed by atoms with E-state index >= 15 is 0 Å². The highest BCUT2D eigenvalue weighted by Gasteiger charge is 2.02. The molecule has 3 aromatic rings. The van der Waals surface area contributed by atoms with Crippen LogP contribution < -0.4 is 4.74 Å². The molecule has 0 spiro atoms. The van der Waals surface area contributed by atoms with E-state index in [1.54, 1.807) is 0 Å². The molecule has 0 saturated heterocycles. The Balaban J connectivity index is 1.74. The molecule has 25 heavy (non-hydrogen) atoms. The van der Waals surface area contributed by atoms with Gasteiger partial charge in [-0.1, -0.05) is 59.6 Å². The Labute approximate surface area is 153 Å². The second kappa shape index (κ2) is 8.00. The molecule has 0 unspecified atom stereocenters. The Hall–Kier alpha value is -2.58. The summed E-state index contributed by atoms with van der Waals surface area (Å²) in [5.41, 5.74) is 5.19. The minimum atomic E-state index is 0.529. The number of aryl methyl sites for hydroxylation is 2. The topological polar surface area (TPSA) is 21.6 Å². The zero-order chi connectivity index (χ0) is 17.6. The summed E-state index contributed by atoms with van der Waals surface area (Å²) in [6.45, 7) is 4.58. The summed E-state index contributed by atoms with van der Waals surface area (Å²) in [6.07, 6.45) is 1.81. The molecule has 0 saturated carbocycles. The predicted molar refractivity (Wildman–Crippen MR) is 105 cm³/mol. The zero-order valence-corrected chi connectivity index (χ0v) is 15.1. The molecular formula is C22H20ClNO. The normalized spacial score (nSPS) is 11.0. The average molecular weight is 350 g/mol. The number of ether oxygens (including phenoxy) is 1. The van der Waals surface area contributed by atoms with Gasteiger partial charge in [-0.2, -0.15) is 0 Å². The lowest BCUT2D eigenvalue weighted by atomic mass is 10.1. The molecule has 0 amide bonds. The number of hydrogen-bond acceptors (Lipinski definition) is 2. The Bertz CT molecular complexity index is 885. The molecule has 0 heterocycles. The van der Waals surface area contributed by atoms with Crippen molar-refractivity contribution in [3.63, 3.8) is 0 Å². The first-order valence-corrected chi connectivity index (χ1v) is 8.57. The van der Waals surface area contributed by atoms with E-state index in [1.807, 2.05) is 55.6 Å². The molecule has 0 atom stereocenters. The minimum absolute atomic E-state index is 0.529. The second-order valence-corrected chi connectivity index (χ2v) is 6.41. The molecule has 3 aromatic carbocycles. The lowest BCUT2D eigenvalue weighted by Gasteiger charge is -2.09. The first-order valence-electron chi connectivity index (χ1n) is 8.19. The standard InChI is InChI=1S/C22H20ClNO/c1-16-7-10-18(11-8-16)15-25-22-6-4-3-5-19(22)14-24-20-12-9-17(2)21(23)13-20/h3-14H,15H2,1-2H3. The van der Waals surface area contributed by atoms with Gasteiger partial charge in [0.15, 0.2) is 0 Å². The highest BCUT2D eigenvalue weighted by atomic mass is 35.5. The van der Waals surface area contributed by atoms with Crippen LogP contribution in [-0.2, 0) is 6.61 Å². The average Bonchev–Trinajstić information content (AvgIpc) is 2.63. The summed E-state index contributed by atoms with van der Waals surface area (Å²) in [4.78, 5) is 4.52. The number of aliphatic imine (C=N–C) groups is 1. The molecule has 0 aromatic heterocycles. The maximum Gasteiger partial charge on any atom is 0.128 e. The van der Waals surface area contributed by atoms with E-state index in [0.29, 0.717) is 6.61 Å². The van der Waals surface area contributed by atoms with Crippen molar-refractivity contribution in [2.24, 2.45) is 4.99 Å². The lowest BCUT2D eigenvalue weighted by Crippen LogP contribution is -1.98. The van der Waals surface area contributed by atoms with Crippen molar-refractivity contribution in [3.8, 4) is 5.75 Å². The summed E-state index contributed by atoms with van der Waals surface area (Å²) in [7, 11) is 0. The van der Waals surface area contributed by atoms with Crippen LogP contribution in [-0.4, -0.2) is 6.21 Å². The third-order valence-corrected chi connectivity index (χ3v) is 4.35. The van der Waals surface area contributed by atoms with Gasteiger partial charge in [-0.05, 0) is 49.2 Å². The van der Waals surface area contributed by atoms with Crippen molar-refractivity contribution >= 4 is 23.5 Å². The van der Waals surface area contributed by atoms with Crippen LogP contribution in [0.25, 0.3) is 0 Å². The van der Waals surface area contributed by atoms with Crippen LogP contribution in [0.4, 0.5) is 5.69 Å². The molecule has 0 aliphatic rings. The van der Waals surface area contributed by atoms with Gasteiger partial charge in [0.25, 0.3) is 0 Å². The molecule has 3 rings (SSSR count). The second-order valence-electron chi connectivity index (χ2n) is 6.00. The highest BCUT2D eigenvalue weighted by Crippen LogP contribution is 2.23. The minimum Gasteiger partial charge on any atom is -0.488 e. The van der Waals surface area contributed by atoms with Gasteiger partial charge >= 0.3 is 0 Å². The van der Waals surface area contributed by atoms with Crippen molar-refractivity contribution in [2.45, 2.75) is 20.5 Å². The quantitative estimate of drug-likeness (QED) is 0.496. The molecular weight excluding hydrogens is 330 g/mol. The summed E-state index contributed by atoms with van der Waals surface area (Å²) >= 11 is 6.16. The van der Waals surface area contributed by atoms with Gasteiger partial charge in [-0.3, -0.25) is 4.99 Å². The van der Waals surface area contributed by atoms with E-state index in [4.69, 9.17) is 16.3 Å². The Morgan fingerprint density at radius 1 is 0.960 bits per heavy atom. The summed E-state index contributed by atoms with van der Waals surface area (Å²) in [6, 6.07) is 22.0.